The Kier molecular flexibility index (Phi) is 6.70. The number of fused-ring (bicyclic) bond motifs is 1. The highest BCUT2D eigenvalue weighted by Crippen LogP contribution is 2.24. The zero-order valence-electron chi connectivity index (χ0n) is 17.3. The summed E-state index contributed by atoms with van der Waals surface area (Å²) in [6.45, 7) is 2.85. The number of ether oxygens (including phenoxy) is 2. The molecule has 4 aromatic rings. The van der Waals surface area contributed by atoms with Crippen molar-refractivity contribution in [2.75, 3.05) is 19.0 Å². The molecule has 0 aliphatic carbocycles. The van der Waals surface area contributed by atoms with E-state index in [1.165, 1.54) is 22.4 Å². The molecule has 0 fully saturated rings. The molecule has 0 unspecified atom stereocenters. The van der Waals surface area contributed by atoms with Crippen LogP contribution in [-0.4, -0.2) is 28.5 Å². The number of thioether (sulfide) groups is 1. The van der Waals surface area contributed by atoms with Crippen molar-refractivity contribution in [2.45, 2.75) is 12.1 Å². The van der Waals surface area contributed by atoms with Crippen LogP contribution < -0.4 is 15.0 Å². The predicted octanol–water partition coefficient (Wildman–Crippen LogP) is 5.23. The molecule has 0 aliphatic rings. The third-order valence-corrected chi connectivity index (χ3v) is 5.52. The zero-order valence-corrected chi connectivity index (χ0v) is 18.1. The molecule has 0 amide bonds. The predicted molar refractivity (Wildman–Crippen MR) is 121 cm³/mol. The van der Waals surface area contributed by atoms with Gasteiger partial charge < -0.3 is 9.47 Å². The van der Waals surface area contributed by atoms with Crippen LogP contribution in [0.4, 0.5) is 8.78 Å². The summed E-state index contributed by atoms with van der Waals surface area (Å²) in [6.07, 6.45) is 0. The number of aromatic nitrogens is 2. The molecule has 4 rings (SSSR count). The van der Waals surface area contributed by atoms with Gasteiger partial charge in [-0.15, -0.1) is 0 Å². The number of para-hydroxylation sites is 1. The molecule has 8 heteroatoms. The lowest BCUT2D eigenvalue weighted by atomic mass is 10.2. The van der Waals surface area contributed by atoms with Gasteiger partial charge >= 0.3 is 0 Å². The number of hydrogen-bond donors (Lipinski definition) is 0. The molecule has 0 saturated heterocycles. The summed E-state index contributed by atoms with van der Waals surface area (Å²) in [5.74, 6) is 0.353. The topological polar surface area (TPSA) is 53.4 Å². The van der Waals surface area contributed by atoms with E-state index in [1.807, 2.05) is 31.2 Å². The molecule has 1 aromatic heterocycles. The number of hydrogen-bond acceptors (Lipinski definition) is 5. The first-order valence-corrected chi connectivity index (χ1v) is 11.0. The second-order valence-electron chi connectivity index (χ2n) is 6.75. The van der Waals surface area contributed by atoms with Crippen molar-refractivity contribution in [2.24, 2.45) is 0 Å². The monoisotopic (exact) mass is 454 g/mol. The second-order valence-corrected chi connectivity index (χ2v) is 7.81. The Balaban J connectivity index is 1.58. The van der Waals surface area contributed by atoms with Gasteiger partial charge in [0.25, 0.3) is 5.56 Å². The minimum atomic E-state index is -0.836. The molecule has 0 saturated carbocycles. The summed E-state index contributed by atoms with van der Waals surface area (Å²) in [7, 11) is 0. The quantitative estimate of drug-likeness (QED) is 0.207. The first-order chi connectivity index (χ1) is 15.6. The third kappa shape index (κ3) is 4.75. The maximum Gasteiger partial charge on any atom is 0.266 e. The Hall–Kier alpha value is -3.39. The Morgan fingerprint density at radius 1 is 0.969 bits per heavy atom. The summed E-state index contributed by atoms with van der Waals surface area (Å²) in [5.41, 5.74) is 0.0341. The number of benzene rings is 3. The van der Waals surface area contributed by atoms with Crippen molar-refractivity contribution in [3.63, 3.8) is 0 Å². The maximum absolute atomic E-state index is 14.5. The molecule has 32 heavy (non-hydrogen) atoms. The Bertz CT molecular complexity index is 1290. The van der Waals surface area contributed by atoms with Crippen LogP contribution >= 0.6 is 11.8 Å². The normalized spacial score (nSPS) is 11.0. The summed E-state index contributed by atoms with van der Waals surface area (Å²) < 4.78 is 40.3. The molecule has 3 aromatic carbocycles. The third-order valence-electron chi connectivity index (χ3n) is 4.61. The Morgan fingerprint density at radius 3 is 2.41 bits per heavy atom. The maximum atomic E-state index is 14.5. The summed E-state index contributed by atoms with van der Waals surface area (Å²) >= 11 is 1.26. The van der Waals surface area contributed by atoms with Crippen molar-refractivity contribution in [3.05, 3.63) is 88.7 Å². The molecule has 0 bridgehead atoms. The van der Waals surface area contributed by atoms with Crippen molar-refractivity contribution >= 4 is 22.7 Å². The van der Waals surface area contributed by atoms with Crippen LogP contribution in [0.5, 0.6) is 11.5 Å². The Labute approximate surface area is 187 Å². The van der Waals surface area contributed by atoms with Crippen LogP contribution in [0.3, 0.4) is 0 Å². The summed E-state index contributed by atoms with van der Waals surface area (Å²) in [5, 5.41) is 0.653. The smallest absolute Gasteiger partial charge is 0.266 e. The first-order valence-electron chi connectivity index (χ1n) is 10.0. The van der Waals surface area contributed by atoms with Gasteiger partial charge in [-0.1, -0.05) is 23.9 Å². The van der Waals surface area contributed by atoms with E-state index in [0.29, 0.717) is 40.8 Å². The van der Waals surface area contributed by atoms with Crippen molar-refractivity contribution in [1.82, 2.24) is 9.55 Å². The van der Waals surface area contributed by atoms with Crippen LogP contribution in [-0.2, 0) is 0 Å². The number of rotatable bonds is 8. The van der Waals surface area contributed by atoms with Gasteiger partial charge in [0.15, 0.2) is 5.16 Å². The molecule has 0 spiro atoms. The summed E-state index contributed by atoms with van der Waals surface area (Å²) in [4.78, 5) is 17.7. The molecular weight excluding hydrogens is 434 g/mol. The van der Waals surface area contributed by atoms with Gasteiger partial charge in [0, 0.05) is 11.8 Å². The minimum absolute atomic E-state index is 0.0513. The average molecular weight is 454 g/mol. The molecule has 164 valence electrons. The fourth-order valence-electron chi connectivity index (χ4n) is 3.18. The van der Waals surface area contributed by atoms with E-state index >= 15 is 0 Å². The lowest BCUT2D eigenvalue weighted by Gasteiger charge is -2.14. The van der Waals surface area contributed by atoms with E-state index < -0.39 is 17.2 Å². The van der Waals surface area contributed by atoms with E-state index in [1.54, 1.807) is 24.3 Å². The highest BCUT2D eigenvalue weighted by atomic mass is 32.2. The van der Waals surface area contributed by atoms with Crippen LogP contribution in [0, 0.1) is 11.6 Å². The molecule has 5 nitrogen and oxygen atoms in total. The molecule has 0 atom stereocenters. The Morgan fingerprint density at radius 2 is 1.69 bits per heavy atom. The molecular formula is C24H20F2N2O3S. The highest BCUT2D eigenvalue weighted by Gasteiger charge is 2.16. The van der Waals surface area contributed by atoms with E-state index in [9.17, 15) is 13.6 Å². The minimum Gasteiger partial charge on any atom is -0.494 e. The standard InChI is InChI=1S/C24H20F2N2O3S/c1-2-30-17-8-10-18(11-9-17)31-13-14-32-24-27-21-6-4-3-5-19(21)23(29)28(24)22-12-7-16(25)15-20(22)26/h3-12,15H,2,13-14H2,1H3. The van der Waals surface area contributed by atoms with E-state index in [-0.39, 0.29) is 5.69 Å². The lowest BCUT2D eigenvalue weighted by molar-refractivity contribution is 0.332. The lowest BCUT2D eigenvalue weighted by Crippen LogP contribution is -2.23. The molecule has 0 aliphatic heterocycles. The second kappa shape index (κ2) is 9.82. The highest BCUT2D eigenvalue weighted by molar-refractivity contribution is 7.99. The van der Waals surface area contributed by atoms with Crippen LogP contribution in [0.2, 0.25) is 0 Å². The summed E-state index contributed by atoms with van der Waals surface area (Å²) in [6, 6.07) is 17.2. The van der Waals surface area contributed by atoms with E-state index in [4.69, 9.17) is 9.47 Å². The van der Waals surface area contributed by atoms with Crippen molar-refractivity contribution in [1.29, 1.82) is 0 Å². The fraction of sp³-hybridized carbons (Fsp3) is 0.167. The van der Waals surface area contributed by atoms with Gasteiger partial charge in [-0.25, -0.2) is 13.8 Å². The number of halogens is 2. The SMILES string of the molecule is CCOc1ccc(OCCSc2nc3ccccc3c(=O)n2-c2ccc(F)cc2F)cc1. The van der Waals surface area contributed by atoms with Gasteiger partial charge in [-0.05, 0) is 55.5 Å². The van der Waals surface area contributed by atoms with Gasteiger partial charge in [0.2, 0.25) is 0 Å². The van der Waals surface area contributed by atoms with Gasteiger partial charge in [-0.2, -0.15) is 0 Å². The molecule has 1 heterocycles. The molecule has 0 radical (unpaired) electrons. The first kappa shape index (κ1) is 21.8. The van der Waals surface area contributed by atoms with Gasteiger partial charge in [-0.3, -0.25) is 9.36 Å². The number of nitrogens with zero attached hydrogens (tertiary/aromatic N) is 2. The fourth-order valence-corrected chi connectivity index (χ4v) is 4.00. The van der Waals surface area contributed by atoms with E-state index in [2.05, 4.69) is 4.98 Å². The van der Waals surface area contributed by atoms with E-state index in [0.717, 1.165) is 17.9 Å². The largest absolute Gasteiger partial charge is 0.494 e. The zero-order chi connectivity index (χ0) is 22.5. The van der Waals surface area contributed by atoms with Crippen molar-refractivity contribution in [3.8, 4) is 17.2 Å². The van der Waals surface area contributed by atoms with Crippen LogP contribution in [0.1, 0.15) is 6.92 Å². The van der Waals surface area contributed by atoms with Crippen molar-refractivity contribution < 1.29 is 18.3 Å². The van der Waals surface area contributed by atoms with Crippen LogP contribution in [0.25, 0.3) is 16.6 Å². The van der Waals surface area contributed by atoms with Crippen LogP contribution in [0.15, 0.2) is 76.7 Å². The molecule has 0 N–H and O–H groups in total. The van der Waals surface area contributed by atoms with Gasteiger partial charge in [0.05, 0.1) is 29.8 Å². The van der Waals surface area contributed by atoms with Gasteiger partial charge in [0.1, 0.15) is 23.1 Å². The average Bonchev–Trinajstić information content (AvgIpc) is 2.79.